The van der Waals surface area contributed by atoms with Crippen LogP contribution in [0.2, 0.25) is 0 Å². The normalized spacial score (nSPS) is 22.1. The summed E-state index contributed by atoms with van der Waals surface area (Å²) in [5.74, 6) is -3.81. The number of carbonyl (C=O) groups excluding carboxylic acids is 2. The molecule has 2 aliphatic rings. The van der Waals surface area contributed by atoms with Gasteiger partial charge in [0.15, 0.2) is 0 Å². The number of thioether (sulfide) groups is 1. The van der Waals surface area contributed by atoms with Gasteiger partial charge in [0.25, 0.3) is 5.91 Å². The number of carboxylic acid groups (broad SMARTS) is 3. The number of amides is 2. The predicted octanol–water partition coefficient (Wildman–Crippen LogP) is 0.661. The molecule has 4 N–H and O–H groups in total. The molecule has 2 heterocycles. The molecule has 0 spiro atoms. The van der Waals surface area contributed by atoms with Gasteiger partial charge in [-0.25, -0.2) is 14.4 Å². The van der Waals surface area contributed by atoms with E-state index in [0.29, 0.717) is 23.7 Å². The monoisotopic (exact) mass is 496 g/mol. The minimum absolute atomic E-state index is 0.195. The van der Waals surface area contributed by atoms with Crippen LogP contribution in [0, 0.1) is 0 Å². The first kappa shape index (κ1) is 26.5. The molecule has 3 rings (SSSR count). The fraction of sp³-hybridized carbons (Fsp3) is 0.381. The highest BCUT2D eigenvalue weighted by Crippen LogP contribution is 2.50. The van der Waals surface area contributed by atoms with Crippen molar-refractivity contribution < 1.29 is 48.8 Å². The molecule has 0 bridgehead atoms. The van der Waals surface area contributed by atoms with Gasteiger partial charge in [-0.05, 0) is 26.0 Å². The van der Waals surface area contributed by atoms with Gasteiger partial charge >= 0.3 is 17.9 Å². The summed E-state index contributed by atoms with van der Waals surface area (Å²) < 4.78 is 9.79. The molecule has 0 unspecified atom stereocenters. The number of methoxy groups -OCH3 is 2. The Kier molecular flexibility index (Phi) is 8.16. The fourth-order valence-electron chi connectivity index (χ4n) is 3.58. The van der Waals surface area contributed by atoms with Gasteiger partial charge in [0.05, 0.1) is 14.2 Å². The number of rotatable bonds is 7. The van der Waals surface area contributed by atoms with Gasteiger partial charge in [-0.2, -0.15) is 0 Å². The van der Waals surface area contributed by atoms with Gasteiger partial charge in [-0.3, -0.25) is 9.59 Å². The summed E-state index contributed by atoms with van der Waals surface area (Å²) >= 11 is 1.37. The number of carbonyl (C=O) groups is 5. The SMILES string of the molecule is COc1cccc(OC)c1C(=O)N[C@@H]1C(=O)N2[C@@H]1SC(C)(C)[C@@H]2C(=O)O.O=C(O)/C=C\C(=O)O. The smallest absolute Gasteiger partial charge is 0.328 e. The number of nitrogens with one attached hydrogen (secondary N) is 1. The number of aliphatic carboxylic acids is 3. The molecule has 1 aromatic carbocycles. The maximum Gasteiger partial charge on any atom is 0.328 e. The lowest BCUT2D eigenvalue weighted by Crippen LogP contribution is -2.70. The van der Waals surface area contributed by atoms with E-state index in [4.69, 9.17) is 19.7 Å². The molecule has 2 saturated heterocycles. The van der Waals surface area contributed by atoms with Crippen LogP contribution in [0.1, 0.15) is 24.2 Å². The summed E-state index contributed by atoms with van der Waals surface area (Å²) in [6.07, 6.45) is 1.12. The lowest BCUT2D eigenvalue weighted by atomic mass is 9.96. The third-order valence-corrected chi connectivity index (χ3v) is 6.56. The Balaban J connectivity index is 0.000000440. The van der Waals surface area contributed by atoms with E-state index >= 15 is 0 Å². The van der Waals surface area contributed by atoms with Crippen LogP contribution >= 0.6 is 11.8 Å². The summed E-state index contributed by atoms with van der Waals surface area (Å²) in [4.78, 5) is 57.2. The van der Waals surface area contributed by atoms with E-state index < -0.39 is 51.9 Å². The van der Waals surface area contributed by atoms with Crippen molar-refractivity contribution in [2.45, 2.75) is 36.1 Å². The van der Waals surface area contributed by atoms with Gasteiger partial charge in [-0.1, -0.05) is 6.07 Å². The molecule has 3 atom stereocenters. The van der Waals surface area contributed by atoms with Crippen LogP contribution in [0.3, 0.4) is 0 Å². The molecule has 2 aliphatic heterocycles. The van der Waals surface area contributed by atoms with E-state index in [1.807, 2.05) is 0 Å². The summed E-state index contributed by atoms with van der Waals surface area (Å²) in [6.45, 7) is 3.56. The molecule has 0 saturated carbocycles. The number of benzene rings is 1. The van der Waals surface area contributed by atoms with E-state index in [1.54, 1.807) is 32.0 Å². The third-order valence-electron chi connectivity index (χ3n) is 4.98. The Morgan fingerprint density at radius 1 is 1.03 bits per heavy atom. The summed E-state index contributed by atoms with van der Waals surface area (Å²) in [5.41, 5.74) is 0.195. The molecule has 2 fully saturated rings. The van der Waals surface area contributed by atoms with Crippen molar-refractivity contribution in [1.29, 1.82) is 0 Å². The Labute approximate surface area is 198 Å². The third kappa shape index (κ3) is 5.42. The second kappa shape index (κ2) is 10.5. The number of carboxylic acids is 3. The van der Waals surface area contributed by atoms with Crippen LogP contribution in [0.5, 0.6) is 11.5 Å². The first-order chi connectivity index (χ1) is 15.8. The van der Waals surface area contributed by atoms with Crippen LogP contribution in [-0.2, 0) is 19.2 Å². The molecular weight excluding hydrogens is 472 g/mol. The van der Waals surface area contributed by atoms with Crippen molar-refractivity contribution in [2.75, 3.05) is 14.2 Å². The standard InChI is InChI=1S/C17H20N2O6S.C4H4O4/c1-17(2)12(16(22)23)19-14(21)11(15(19)26-17)18-13(20)10-8(24-3)6-5-7-9(10)25-4;5-3(6)1-2-4(7)8/h5-7,11-12,15H,1-4H3,(H,18,20)(H,22,23);1-2H,(H,5,6)(H,7,8)/b;2-1-/t11-,12+,15-;/m1./s1. The maximum atomic E-state index is 12.8. The number of nitrogens with zero attached hydrogens (tertiary/aromatic N) is 1. The summed E-state index contributed by atoms with van der Waals surface area (Å²) in [5, 5.41) is 27.4. The number of β-lactam (4-membered cyclic amide) rings is 1. The molecule has 13 heteroatoms. The molecular formula is C21H24N2O10S. The number of hydrogen-bond acceptors (Lipinski definition) is 8. The molecule has 0 radical (unpaired) electrons. The summed E-state index contributed by atoms with van der Waals surface area (Å²) in [6, 6.07) is 3.24. The van der Waals surface area contributed by atoms with Gasteiger partial charge < -0.3 is 35.0 Å². The van der Waals surface area contributed by atoms with Crippen molar-refractivity contribution in [3.05, 3.63) is 35.9 Å². The second-order valence-corrected chi connectivity index (χ2v) is 9.37. The van der Waals surface area contributed by atoms with E-state index in [0.717, 1.165) is 0 Å². The number of fused-ring (bicyclic) bond motifs is 1. The number of hydrogen-bond donors (Lipinski definition) is 4. The van der Waals surface area contributed by atoms with Gasteiger partial charge in [0, 0.05) is 16.9 Å². The Morgan fingerprint density at radius 2 is 1.53 bits per heavy atom. The lowest BCUT2D eigenvalue weighted by Gasteiger charge is -2.43. The maximum absolute atomic E-state index is 12.8. The minimum atomic E-state index is -1.26. The highest BCUT2D eigenvalue weighted by atomic mass is 32.2. The average molecular weight is 496 g/mol. The topological polar surface area (TPSA) is 180 Å². The molecule has 12 nitrogen and oxygen atoms in total. The van der Waals surface area contributed by atoms with Crippen molar-refractivity contribution >= 4 is 41.5 Å². The predicted molar refractivity (Wildman–Crippen MR) is 119 cm³/mol. The summed E-state index contributed by atoms with van der Waals surface area (Å²) in [7, 11) is 2.88. The highest BCUT2D eigenvalue weighted by Gasteiger charge is 2.64. The van der Waals surface area contributed by atoms with Crippen LogP contribution < -0.4 is 14.8 Å². The molecule has 1 aromatic rings. The van der Waals surface area contributed by atoms with Crippen LogP contribution in [-0.4, -0.2) is 86.4 Å². The van der Waals surface area contributed by atoms with E-state index in [2.05, 4.69) is 5.32 Å². The Bertz CT molecular complexity index is 1000. The Morgan fingerprint density at radius 3 is 1.94 bits per heavy atom. The van der Waals surface area contributed by atoms with Crippen molar-refractivity contribution in [2.24, 2.45) is 0 Å². The molecule has 184 valence electrons. The fourth-order valence-corrected chi connectivity index (χ4v) is 5.20. The first-order valence-corrected chi connectivity index (χ1v) is 10.6. The van der Waals surface area contributed by atoms with E-state index in [1.165, 1.54) is 30.9 Å². The molecule has 0 aliphatic carbocycles. The quantitative estimate of drug-likeness (QED) is 0.308. The van der Waals surface area contributed by atoms with Crippen molar-refractivity contribution in [3.63, 3.8) is 0 Å². The number of ether oxygens (including phenoxy) is 2. The second-order valence-electron chi connectivity index (χ2n) is 7.60. The largest absolute Gasteiger partial charge is 0.496 e. The molecule has 2 amide bonds. The van der Waals surface area contributed by atoms with Gasteiger partial charge in [0.2, 0.25) is 5.91 Å². The molecule has 34 heavy (non-hydrogen) atoms. The van der Waals surface area contributed by atoms with Crippen LogP contribution in [0.25, 0.3) is 0 Å². The van der Waals surface area contributed by atoms with Crippen LogP contribution in [0.4, 0.5) is 0 Å². The van der Waals surface area contributed by atoms with Gasteiger partial charge in [-0.15, -0.1) is 11.8 Å². The van der Waals surface area contributed by atoms with Crippen molar-refractivity contribution in [3.8, 4) is 11.5 Å². The zero-order valence-electron chi connectivity index (χ0n) is 18.7. The first-order valence-electron chi connectivity index (χ1n) is 9.74. The average Bonchev–Trinajstić information content (AvgIpc) is 3.03. The lowest BCUT2D eigenvalue weighted by molar-refractivity contribution is -0.159. The zero-order chi connectivity index (χ0) is 25.8. The van der Waals surface area contributed by atoms with Gasteiger partial charge in [0.1, 0.15) is 34.5 Å². The minimum Gasteiger partial charge on any atom is -0.496 e. The highest BCUT2D eigenvalue weighted by molar-refractivity contribution is 8.01. The van der Waals surface area contributed by atoms with Crippen molar-refractivity contribution in [1.82, 2.24) is 10.2 Å². The van der Waals surface area contributed by atoms with E-state index in [-0.39, 0.29) is 5.56 Å². The zero-order valence-corrected chi connectivity index (χ0v) is 19.5. The van der Waals surface area contributed by atoms with E-state index in [9.17, 15) is 29.1 Å². The molecule has 0 aromatic heterocycles. The van der Waals surface area contributed by atoms with Crippen LogP contribution in [0.15, 0.2) is 30.4 Å². The Hall–Kier alpha value is -3.74.